The van der Waals surface area contributed by atoms with Crippen molar-refractivity contribution in [2.24, 2.45) is 13.0 Å². The fraction of sp³-hybridized carbons (Fsp3) is 0.375. The summed E-state index contributed by atoms with van der Waals surface area (Å²) in [4.78, 5) is 29.4. The summed E-state index contributed by atoms with van der Waals surface area (Å²) in [5.41, 5.74) is 4.23. The number of hydrogen-bond donors (Lipinski definition) is 2. The Kier molecular flexibility index (Phi) is 5.84. The molecule has 0 unspecified atom stereocenters. The number of fused-ring (bicyclic) bond motifs is 1. The quantitative estimate of drug-likeness (QED) is 0.652. The van der Waals surface area contributed by atoms with Gasteiger partial charge in [-0.3, -0.25) is 9.59 Å². The van der Waals surface area contributed by atoms with Crippen molar-refractivity contribution in [1.82, 2.24) is 14.9 Å². The molecule has 1 heterocycles. The van der Waals surface area contributed by atoms with Crippen molar-refractivity contribution in [3.63, 3.8) is 0 Å². The summed E-state index contributed by atoms with van der Waals surface area (Å²) in [6, 6.07) is 13.3. The molecule has 0 bridgehead atoms. The highest BCUT2D eigenvalue weighted by Crippen LogP contribution is 2.24. The van der Waals surface area contributed by atoms with Gasteiger partial charge in [-0.2, -0.15) is 0 Å². The van der Waals surface area contributed by atoms with Gasteiger partial charge in [-0.05, 0) is 50.1 Å². The number of imidazole rings is 1. The number of aryl methyl sites for hydroxylation is 2. The third-order valence-corrected chi connectivity index (χ3v) is 5.89. The van der Waals surface area contributed by atoms with Crippen LogP contribution in [0.4, 0.5) is 5.69 Å². The smallest absolute Gasteiger partial charge is 0.255 e. The molecule has 6 nitrogen and oxygen atoms in total. The Balaban J connectivity index is 1.42. The van der Waals surface area contributed by atoms with E-state index in [9.17, 15) is 9.59 Å². The molecule has 0 aliphatic heterocycles. The maximum Gasteiger partial charge on any atom is 0.255 e. The molecule has 1 aliphatic carbocycles. The largest absolute Gasteiger partial charge is 0.355 e. The predicted octanol–water partition coefficient (Wildman–Crippen LogP) is 3.98. The van der Waals surface area contributed by atoms with E-state index in [0.717, 1.165) is 48.1 Å². The van der Waals surface area contributed by atoms with Gasteiger partial charge in [-0.1, -0.05) is 30.5 Å². The molecule has 2 aromatic carbocycles. The third-order valence-electron chi connectivity index (χ3n) is 5.89. The number of hydrogen-bond acceptors (Lipinski definition) is 3. The van der Waals surface area contributed by atoms with Gasteiger partial charge in [0.15, 0.2) is 0 Å². The molecule has 156 valence electrons. The molecule has 3 aromatic rings. The van der Waals surface area contributed by atoms with Crippen LogP contribution < -0.4 is 10.6 Å². The summed E-state index contributed by atoms with van der Waals surface area (Å²) in [6.07, 6.45) is 5.01. The van der Waals surface area contributed by atoms with Gasteiger partial charge in [0.25, 0.3) is 5.91 Å². The number of nitrogens with zero attached hydrogens (tertiary/aromatic N) is 2. The van der Waals surface area contributed by atoms with E-state index in [-0.39, 0.29) is 17.7 Å². The van der Waals surface area contributed by atoms with Crippen molar-refractivity contribution in [3.05, 3.63) is 59.4 Å². The molecule has 1 saturated carbocycles. The fourth-order valence-electron chi connectivity index (χ4n) is 4.17. The summed E-state index contributed by atoms with van der Waals surface area (Å²) in [5.74, 6) is 1.14. The minimum atomic E-state index is -0.135. The molecular weight excluding hydrogens is 376 g/mol. The Morgan fingerprint density at radius 1 is 1.13 bits per heavy atom. The van der Waals surface area contributed by atoms with Crippen molar-refractivity contribution in [1.29, 1.82) is 0 Å². The molecule has 1 aliphatic rings. The zero-order valence-electron chi connectivity index (χ0n) is 17.6. The van der Waals surface area contributed by atoms with Crippen LogP contribution in [0.15, 0.2) is 42.5 Å². The van der Waals surface area contributed by atoms with Crippen molar-refractivity contribution >= 4 is 28.5 Å². The first-order chi connectivity index (χ1) is 14.5. The van der Waals surface area contributed by atoms with Crippen LogP contribution >= 0.6 is 0 Å². The van der Waals surface area contributed by atoms with Gasteiger partial charge >= 0.3 is 0 Å². The molecule has 2 N–H and O–H groups in total. The highest BCUT2D eigenvalue weighted by molar-refractivity contribution is 6.05. The zero-order chi connectivity index (χ0) is 21.1. The number of benzene rings is 2. The molecule has 0 radical (unpaired) electrons. The van der Waals surface area contributed by atoms with E-state index in [1.807, 2.05) is 54.9 Å². The van der Waals surface area contributed by atoms with Gasteiger partial charge < -0.3 is 15.2 Å². The van der Waals surface area contributed by atoms with Crippen LogP contribution in [0, 0.1) is 12.8 Å². The summed E-state index contributed by atoms with van der Waals surface area (Å²) in [5, 5.41) is 6.01. The number of amides is 2. The van der Waals surface area contributed by atoms with Gasteiger partial charge in [-0.15, -0.1) is 0 Å². The molecule has 30 heavy (non-hydrogen) atoms. The number of aromatic nitrogens is 2. The summed E-state index contributed by atoms with van der Waals surface area (Å²) >= 11 is 0. The second kappa shape index (κ2) is 8.69. The van der Waals surface area contributed by atoms with Gasteiger partial charge in [0.1, 0.15) is 5.82 Å². The minimum absolute atomic E-state index is 0.135. The van der Waals surface area contributed by atoms with Crippen LogP contribution in [0.2, 0.25) is 0 Å². The maximum absolute atomic E-state index is 12.5. The first kappa shape index (κ1) is 20.1. The van der Waals surface area contributed by atoms with Crippen molar-refractivity contribution in [2.75, 3.05) is 11.9 Å². The molecule has 4 rings (SSSR count). The zero-order valence-corrected chi connectivity index (χ0v) is 17.6. The average Bonchev–Trinajstić information content (AvgIpc) is 3.37. The van der Waals surface area contributed by atoms with E-state index >= 15 is 0 Å². The molecule has 0 atom stereocenters. The molecule has 1 fully saturated rings. The van der Waals surface area contributed by atoms with Crippen LogP contribution in [0.5, 0.6) is 0 Å². The van der Waals surface area contributed by atoms with Gasteiger partial charge in [-0.25, -0.2) is 4.98 Å². The second-order valence-corrected chi connectivity index (χ2v) is 8.14. The minimum Gasteiger partial charge on any atom is -0.355 e. The third kappa shape index (κ3) is 4.37. The number of carbonyl (C=O) groups is 2. The lowest BCUT2D eigenvalue weighted by Crippen LogP contribution is -2.31. The lowest BCUT2D eigenvalue weighted by Gasteiger charge is -2.10. The first-order valence-corrected chi connectivity index (χ1v) is 10.6. The number of nitrogens with one attached hydrogen (secondary N) is 2. The molecule has 0 saturated heterocycles. The lowest BCUT2D eigenvalue weighted by atomic mass is 10.1. The van der Waals surface area contributed by atoms with Gasteiger partial charge in [0.05, 0.1) is 11.0 Å². The van der Waals surface area contributed by atoms with Gasteiger partial charge in [0, 0.05) is 37.2 Å². The Bertz CT molecular complexity index is 1080. The van der Waals surface area contributed by atoms with E-state index in [4.69, 9.17) is 4.98 Å². The van der Waals surface area contributed by atoms with E-state index < -0.39 is 0 Å². The summed E-state index contributed by atoms with van der Waals surface area (Å²) in [6.45, 7) is 2.55. The van der Waals surface area contributed by atoms with E-state index in [1.54, 1.807) is 6.07 Å². The van der Waals surface area contributed by atoms with Crippen LogP contribution in [-0.2, 0) is 18.3 Å². The monoisotopic (exact) mass is 404 g/mol. The summed E-state index contributed by atoms with van der Waals surface area (Å²) in [7, 11) is 1.98. The average molecular weight is 405 g/mol. The van der Waals surface area contributed by atoms with E-state index in [0.29, 0.717) is 24.2 Å². The highest BCUT2D eigenvalue weighted by atomic mass is 16.2. The van der Waals surface area contributed by atoms with Gasteiger partial charge in [0.2, 0.25) is 5.91 Å². The SMILES string of the molecule is Cc1cccc(C(=O)Nc2ccc3c(c2)nc(CCNC(=O)C2CCCC2)n3C)c1. The molecular formula is C24H28N4O2. The van der Waals surface area contributed by atoms with E-state index in [1.165, 1.54) is 0 Å². The molecule has 0 spiro atoms. The fourth-order valence-corrected chi connectivity index (χ4v) is 4.17. The Morgan fingerprint density at radius 3 is 2.70 bits per heavy atom. The highest BCUT2D eigenvalue weighted by Gasteiger charge is 2.22. The summed E-state index contributed by atoms with van der Waals surface area (Å²) < 4.78 is 2.04. The van der Waals surface area contributed by atoms with E-state index in [2.05, 4.69) is 10.6 Å². The molecule has 1 aromatic heterocycles. The topological polar surface area (TPSA) is 76.0 Å². The first-order valence-electron chi connectivity index (χ1n) is 10.6. The Morgan fingerprint density at radius 2 is 1.93 bits per heavy atom. The normalized spacial score (nSPS) is 14.2. The predicted molar refractivity (Wildman–Crippen MR) is 119 cm³/mol. The number of carbonyl (C=O) groups excluding carboxylic acids is 2. The van der Waals surface area contributed by atoms with Crippen molar-refractivity contribution in [2.45, 2.75) is 39.0 Å². The number of anilines is 1. The molecule has 6 heteroatoms. The van der Waals surface area contributed by atoms with Crippen LogP contribution in [0.3, 0.4) is 0 Å². The number of rotatable bonds is 6. The van der Waals surface area contributed by atoms with Crippen molar-refractivity contribution in [3.8, 4) is 0 Å². The maximum atomic E-state index is 12.5. The standard InChI is InChI=1S/C24H28N4O2/c1-16-6-5-9-18(14-16)24(30)26-19-10-11-21-20(15-19)27-22(28(21)2)12-13-25-23(29)17-7-3-4-8-17/h5-6,9-11,14-15,17H,3-4,7-8,12-13H2,1-2H3,(H,25,29)(H,26,30). The molecule has 2 amide bonds. The van der Waals surface area contributed by atoms with Crippen LogP contribution in [0.25, 0.3) is 11.0 Å². The van der Waals surface area contributed by atoms with Crippen LogP contribution in [0.1, 0.15) is 47.4 Å². The van der Waals surface area contributed by atoms with Crippen LogP contribution in [-0.4, -0.2) is 27.9 Å². The van der Waals surface area contributed by atoms with Crippen molar-refractivity contribution < 1.29 is 9.59 Å². The Hall–Kier alpha value is -3.15. The second-order valence-electron chi connectivity index (χ2n) is 8.14. The Labute approximate surface area is 176 Å². The lowest BCUT2D eigenvalue weighted by molar-refractivity contribution is -0.124.